The number of hydrogen-bond donors (Lipinski definition) is 2. The summed E-state index contributed by atoms with van der Waals surface area (Å²) in [5.41, 5.74) is 8.52. The Balaban J connectivity index is 0.00000242. The molecule has 3 N–H and O–H groups in total. The number of hydrogen-bond acceptors (Lipinski definition) is 2. The third kappa shape index (κ3) is 4.99. The largest absolute Gasteiger partial charge is 0.355 e. The molecule has 2 rings (SSSR count). The number of benzene rings is 1. The Morgan fingerprint density at radius 3 is 2.64 bits per heavy atom. The van der Waals surface area contributed by atoms with Gasteiger partial charge in [-0.05, 0) is 38.7 Å². The highest BCUT2D eigenvalue weighted by Gasteiger charge is 2.35. The topological polar surface area (TPSA) is 55.1 Å². The van der Waals surface area contributed by atoms with Crippen molar-refractivity contribution in [2.75, 3.05) is 6.54 Å². The van der Waals surface area contributed by atoms with Crippen molar-refractivity contribution in [1.82, 2.24) is 5.32 Å². The van der Waals surface area contributed by atoms with Crippen LogP contribution in [0.2, 0.25) is 0 Å². The second-order valence-electron chi connectivity index (χ2n) is 6.65. The monoisotopic (exact) mass is 324 g/mol. The number of carbonyl (C=O) groups is 1. The molecule has 0 spiro atoms. The lowest BCUT2D eigenvalue weighted by Crippen LogP contribution is -2.39. The molecule has 22 heavy (non-hydrogen) atoms. The molecule has 3 nitrogen and oxygen atoms in total. The van der Waals surface area contributed by atoms with Crippen LogP contribution in [0.15, 0.2) is 24.3 Å². The Hall–Kier alpha value is -1.06. The van der Waals surface area contributed by atoms with Crippen LogP contribution in [-0.2, 0) is 10.2 Å². The number of nitrogens with two attached hydrogens (primary N) is 1. The summed E-state index contributed by atoms with van der Waals surface area (Å²) in [5, 5.41) is 3.14. The number of carbonyl (C=O) groups excluding carboxylic acids is 1. The van der Waals surface area contributed by atoms with Gasteiger partial charge >= 0.3 is 0 Å². The molecule has 1 fully saturated rings. The van der Waals surface area contributed by atoms with Crippen molar-refractivity contribution in [1.29, 1.82) is 0 Å². The van der Waals surface area contributed by atoms with Crippen LogP contribution in [-0.4, -0.2) is 18.5 Å². The van der Waals surface area contributed by atoms with E-state index in [1.54, 1.807) is 0 Å². The fourth-order valence-corrected chi connectivity index (χ4v) is 3.31. The van der Waals surface area contributed by atoms with Crippen molar-refractivity contribution >= 4 is 18.3 Å². The third-order valence-corrected chi connectivity index (χ3v) is 4.64. The number of aryl methyl sites for hydroxylation is 1. The molecule has 0 radical (unpaired) electrons. The minimum absolute atomic E-state index is 0. The van der Waals surface area contributed by atoms with Crippen molar-refractivity contribution in [3.8, 4) is 0 Å². The van der Waals surface area contributed by atoms with Crippen molar-refractivity contribution < 1.29 is 4.79 Å². The van der Waals surface area contributed by atoms with E-state index in [4.69, 9.17) is 5.73 Å². The highest BCUT2D eigenvalue weighted by Crippen LogP contribution is 2.40. The van der Waals surface area contributed by atoms with Crippen LogP contribution in [0.1, 0.15) is 56.6 Å². The maximum atomic E-state index is 12.0. The van der Waals surface area contributed by atoms with E-state index in [2.05, 4.69) is 36.5 Å². The second kappa shape index (κ2) is 8.54. The average molecular weight is 325 g/mol. The minimum Gasteiger partial charge on any atom is -0.355 e. The van der Waals surface area contributed by atoms with Crippen LogP contribution < -0.4 is 11.1 Å². The van der Waals surface area contributed by atoms with Gasteiger partial charge in [0.15, 0.2) is 0 Å². The highest BCUT2D eigenvalue weighted by molar-refractivity contribution is 5.85. The van der Waals surface area contributed by atoms with Crippen molar-refractivity contribution in [3.05, 3.63) is 35.4 Å². The minimum atomic E-state index is 0. The predicted octanol–water partition coefficient (Wildman–Crippen LogP) is 3.47. The van der Waals surface area contributed by atoms with Gasteiger partial charge in [0.2, 0.25) is 5.91 Å². The molecule has 4 heteroatoms. The Morgan fingerprint density at radius 2 is 2.05 bits per heavy atom. The molecule has 0 aromatic heterocycles. The Bertz CT molecular complexity index is 482. The van der Waals surface area contributed by atoms with Gasteiger partial charge in [-0.1, -0.05) is 42.7 Å². The molecule has 0 heterocycles. The first-order valence-electron chi connectivity index (χ1n) is 8.11. The van der Waals surface area contributed by atoms with E-state index in [0.29, 0.717) is 6.42 Å². The van der Waals surface area contributed by atoms with E-state index in [1.807, 2.05) is 6.92 Å². The standard InChI is InChI=1S/C18H28N2O.ClH/c1-14-6-5-7-16(12-14)18(10-3-4-11-18)13-20-17(21)9-8-15(2)19;/h5-7,12,15H,3-4,8-11,13,19H2,1-2H3,(H,20,21);1H. The Morgan fingerprint density at radius 1 is 1.36 bits per heavy atom. The van der Waals surface area contributed by atoms with E-state index in [0.717, 1.165) is 13.0 Å². The van der Waals surface area contributed by atoms with E-state index >= 15 is 0 Å². The average Bonchev–Trinajstić information content (AvgIpc) is 2.93. The summed E-state index contributed by atoms with van der Waals surface area (Å²) in [6.07, 6.45) is 6.13. The zero-order chi connectivity index (χ0) is 15.3. The highest BCUT2D eigenvalue weighted by atomic mass is 35.5. The Labute approximate surface area is 140 Å². The molecule has 0 bridgehead atoms. The number of nitrogens with one attached hydrogen (secondary N) is 1. The predicted molar refractivity (Wildman–Crippen MR) is 94.5 cm³/mol. The fraction of sp³-hybridized carbons (Fsp3) is 0.611. The van der Waals surface area contributed by atoms with Gasteiger partial charge in [-0.25, -0.2) is 0 Å². The molecule has 0 saturated heterocycles. The number of halogens is 1. The molecular formula is C18H29ClN2O. The molecule has 1 atom stereocenters. The van der Waals surface area contributed by atoms with E-state index < -0.39 is 0 Å². The molecule has 1 aliphatic rings. The van der Waals surface area contributed by atoms with Gasteiger partial charge in [-0.15, -0.1) is 12.4 Å². The molecular weight excluding hydrogens is 296 g/mol. The lowest BCUT2D eigenvalue weighted by Gasteiger charge is -2.30. The maximum Gasteiger partial charge on any atom is 0.220 e. The zero-order valence-electron chi connectivity index (χ0n) is 13.7. The van der Waals surface area contributed by atoms with Gasteiger partial charge in [0.25, 0.3) is 0 Å². The molecule has 1 unspecified atom stereocenters. The summed E-state index contributed by atoms with van der Waals surface area (Å²) in [5.74, 6) is 0.131. The summed E-state index contributed by atoms with van der Waals surface area (Å²) in [7, 11) is 0. The molecule has 1 aliphatic carbocycles. The zero-order valence-corrected chi connectivity index (χ0v) is 14.5. The molecule has 124 valence electrons. The van der Waals surface area contributed by atoms with Crippen LogP contribution in [0.3, 0.4) is 0 Å². The normalized spacial score (nSPS) is 17.6. The quantitative estimate of drug-likeness (QED) is 0.841. The van der Waals surface area contributed by atoms with Gasteiger partial charge < -0.3 is 11.1 Å². The lowest BCUT2D eigenvalue weighted by atomic mass is 9.78. The van der Waals surface area contributed by atoms with Gasteiger partial charge in [-0.3, -0.25) is 4.79 Å². The SMILES string of the molecule is Cc1cccc(C2(CNC(=O)CCC(C)N)CCCC2)c1.Cl. The van der Waals surface area contributed by atoms with E-state index in [-0.39, 0.29) is 29.8 Å². The summed E-state index contributed by atoms with van der Waals surface area (Å²) in [4.78, 5) is 12.0. The first-order valence-corrected chi connectivity index (χ1v) is 8.11. The number of amides is 1. The van der Waals surface area contributed by atoms with E-state index in [9.17, 15) is 4.79 Å². The second-order valence-corrected chi connectivity index (χ2v) is 6.65. The lowest BCUT2D eigenvalue weighted by molar-refractivity contribution is -0.121. The molecule has 1 amide bonds. The number of rotatable bonds is 6. The Kier molecular flexibility index (Phi) is 7.37. The smallest absolute Gasteiger partial charge is 0.220 e. The fourth-order valence-electron chi connectivity index (χ4n) is 3.31. The van der Waals surface area contributed by atoms with Gasteiger partial charge in [0.1, 0.15) is 0 Å². The summed E-state index contributed by atoms with van der Waals surface area (Å²) >= 11 is 0. The van der Waals surface area contributed by atoms with Crippen LogP contribution in [0.5, 0.6) is 0 Å². The maximum absolute atomic E-state index is 12.0. The third-order valence-electron chi connectivity index (χ3n) is 4.64. The molecule has 1 aromatic rings. The molecule has 1 saturated carbocycles. The molecule has 0 aliphatic heterocycles. The van der Waals surface area contributed by atoms with Gasteiger partial charge in [-0.2, -0.15) is 0 Å². The van der Waals surface area contributed by atoms with Crippen LogP contribution in [0.4, 0.5) is 0 Å². The van der Waals surface area contributed by atoms with E-state index in [1.165, 1.54) is 36.8 Å². The van der Waals surface area contributed by atoms with Crippen LogP contribution >= 0.6 is 12.4 Å². The molecule has 1 aromatic carbocycles. The van der Waals surface area contributed by atoms with Crippen molar-refractivity contribution in [2.45, 2.75) is 63.8 Å². The van der Waals surface area contributed by atoms with Crippen molar-refractivity contribution in [3.63, 3.8) is 0 Å². The summed E-state index contributed by atoms with van der Waals surface area (Å²) in [6, 6.07) is 8.84. The van der Waals surface area contributed by atoms with Crippen LogP contribution in [0, 0.1) is 6.92 Å². The van der Waals surface area contributed by atoms with Gasteiger partial charge in [0.05, 0.1) is 0 Å². The summed E-state index contributed by atoms with van der Waals surface area (Å²) in [6.45, 7) is 4.83. The first-order chi connectivity index (χ1) is 10.0. The summed E-state index contributed by atoms with van der Waals surface area (Å²) < 4.78 is 0. The van der Waals surface area contributed by atoms with Crippen molar-refractivity contribution in [2.24, 2.45) is 5.73 Å². The first kappa shape index (κ1) is 19.0. The van der Waals surface area contributed by atoms with Crippen LogP contribution in [0.25, 0.3) is 0 Å². The van der Waals surface area contributed by atoms with Gasteiger partial charge in [0, 0.05) is 24.4 Å².